The van der Waals surface area contributed by atoms with E-state index in [-0.39, 0.29) is 5.78 Å². The summed E-state index contributed by atoms with van der Waals surface area (Å²) in [5.74, 6) is -0.269. The minimum absolute atomic E-state index is 0.269. The van der Waals surface area contributed by atoms with Crippen LogP contribution in [0.5, 0.6) is 0 Å². The number of hydrogen-bond acceptors (Lipinski definition) is 3. The zero-order valence-corrected chi connectivity index (χ0v) is 12.5. The Morgan fingerprint density at radius 1 is 1.41 bits per heavy atom. The van der Waals surface area contributed by atoms with Crippen molar-refractivity contribution in [3.8, 4) is 0 Å². The molecule has 2 heterocycles. The lowest BCUT2D eigenvalue weighted by Gasteiger charge is -2.04. The van der Waals surface area contributed by atoms with Gasteiger partial charge in [-0.25, -0.2) is 0 Å². The van der Waals surface area contributed by atoms with Crippen LogP contribution in [0, 0.1) is 0 Å². The van der Waals surface area contributed by atoms with Gasteiger partial charge in [0, 0.05) is 22.2 Å². The Hall–Kier alpha value is -0.720. The van der Waals surface area contributed by atoms with Gasteiger partial charge < -0.3 is 0 Å². The number of pyridine rings is 1. The van der Waals surface area contributed by atoms with Crippen LogP contribution < -0.4 is 0 Å². The molecule has 0 unspecified atom stereocenters. The van der Waals surface area contributed by atoms with Crippen molar-refractivity contribution in [1.82, 2.24) is 14.8 Å². The lowest BCUT2D eigenvalue weighted by molar-refractivity contribution is 0.102. The van der Waals surface area contributed by atoms with E-state index in [2.05, 4.69) is 41.9 Å². The third-order valence-corrected chi connectivity index (χ3v) is 3.45. The van der Waals surface area contributed by atoms with E-state index < -0.39 is 0 Å². The van der Waals surface area contributed by atoms with Gasteiger partial charge >= 0.3 is 0 Å². The summed E-state index contributed by atoms with van der Waals surface area (Å²) < 4.78 is 2.83. The topological polar surface area (TPSA) is 47.8 Å². The Kier molecular flexibility index (Phi) is 3.65. The van der Waals surface area contributed by atoms with E-state index in [9.17, 15) is 4.79 Å². The average Bonchev–Trinajstić information content (AvgIpc) is 2.58. The number of ketones is 1. The Bertz CT molecular complexity index is 578. The lowest BCUT2D eigenvalue weighted by atomic mass is 10.2. The van der Waals surface area contributed by atoms with Crippen LogP contribution in [0.1, 0.15) is 16.2 Å². The van der Waals surface area contributed by atoms with Gasteiger partial charge in [-0.05, 0) is 37.9 Å². The second-order valence-electron chi connectivity index (χ2n) is 3.28. The van der Waals surface area contributed by atoms with Gasteiger partial charge in [0.15, 0.2) is 0 Å². The molecule has 0 N–H and O–H groups in total. The molecule has 4 nitrogen and oxygen atoms in total. The molecule has 2 aromatic rings. The standard InChI is InChI=1S/C10H6Br2ClN3O/c1-16-9(7(13)4-15-16)10(17)8-6(12)2-5(11)3-14-8/h2-4H,1H3. The fraction of sp³-hybridized carbons (Fsp3) is 0.100. The van der Waals surface area contributed by atoms with E-state index in [0.29, 0.717) is 20.9 Å². The van der Waals surface area contributed by atoms with Crippen molar-refractivity contribution in [2.75, 3.05) is 0 Å². The van der Waals surface area contributed by atoms with Crippen LogP contribution in [0.3, 0.4) is 0 Å². The molecule has 2 rings (SSSR count). The van der Waals surface area contributed by atoms with E-state index in [4.69, 9.17) is 11.6 Å². The first-order chi connectivity index (χ1) is 8.00. The number of nitrogens with zero attached hydrogens (tertiary/aromatic N) is 3. The van der Waals surface area contributed by atoms with E-state index in [1.54, 1.807) is 19.3 Å². The van der Waals surface area contributed by atoms with Crippen molar-refractivity contribution < 1.29 is 4.79 Å². The Morgan fingerprint density at radius 3 is 2.65 bits per heavy atom. The molecule has 0 bridgehead atoms. The summed E-state index contributed by atoms with van der Waals surface area (Å²) in [6, 6.07) is 1.75. The smallest absolute Gasteiger partial charge is 0.232 e. The molecule has 0 aliphatic carbocycles. The van der Waals surface area contributed by atoms with Gasteiger partial charge in [0.1, 0.15) is 11.4 Å². The SMILES string of the molecule is Cn1ncc(Cl)c1C(=O)c1ncc(Br)cc1Br. The van der Waals surface area contributed by atoms with Crippen molar-refractivity contribution >= 4 is 49.2 Å². The van der Waals surface area contributed by atoms with Crippen molar-refractivity contribution in [3.63, 3.8) is 0 Å². The number of hydrogen-bond donors (Lipinski definition) is 0. The van der Waals surface area contributed by atoms with Gasteiger partial charge in [-0.3, -0.25) is 14.5 Å². The van der Waals surface area contributed by atoms with Crippen molar-refractivity contribution in [2.45, 2.75) is 0 Å². The van der Waals surface area contributed by atoms with Crippen LogP contribution in [0.25, 0.3) is 0 Å². The largest absolute Gasteiger partial charge is 0.285 e. The van der Waals surface area contributed by atoms with Crippen LogP contribution in [0.4, 0.5) is 0 Å². The second kappa shape index (κ2) is 4.88. The molecule has 88 valence electrons. The lowest BCUT2D eigenvalue weighted by Crippen LogP contribution is -2.11. The Balaban J connectivity index is 2.51. The molecule has 0 atom stereocenters. The first-order valence-electron chi connectivity index (χ1n) is 4.54. The van der Waals surface area contributed by atoms with Crippen LogP contribution in [-0.4, -0.2) is 20.5 Å². The molecule has 0 radical (unpaired) electrons. The number of aromatic nitrogens is 3. The average molecular weight is 379 g/mol. The van der Waals surface area contributed by atoms with Crippen molar-refractivity contribution in [1.29, 1.82) is 0 Å². The summed E-state index contributed by atoms with van der Waals surface area (Å²) in [4.78, 5) is 16.3. The van der Waals surface area contributed by atoms with E-state index in [1.165, 1.54) is 10.9 Å². The normalized spacial score (nSPS) is 10.6. The zero-order valence-electron chi connectivity index (χ0n) is 8.62. The summed E-state index contributed by atoms with van der Waals surface area (Å²) >= 11 is 12.5. The molecule has 0 aliphatic rings. The fourth-order valence-corrected chi connectivity index (χ4v) is 2.78. The minimum Gasteiger partial charge on any atom is -0.285 e. The van der Waals surface area contributed by atoms with Crippen molar-refractivity contribution in [3.05, 3.63) is 43.8 Å². The highest BCUT2D eigenvalue weighted by Crippen LogP contribution is 2.24. The highest BCUT2D eigenvalue weighted by molar-refractivity contribution is 9.11. The molecular formula is C10H6Br2ClN3O. The summed E-state index contributed by atoms with van der Waals surface area (Å²) in [6.07, 6.45) is 2.99. The highest BCUT2D eigenvalue weighted by Gasteiger charge is 2.21. The Morgan fingerprint density at radius 2 is 2.12 bits per heavy atom. The second-order valence-corrected chi connectivity index (χ2v) is 5.46. The number of carbonyl (C=O) groups excluding carboxylic acids is 1. The van der Waals surface area contributed by atoms with Gasteiger partial charge in [-0.15, -0.1) is 0 Å². The summed E-state index contributed by atoms with van der Waals surface area (Å²) in [7, 11) is 1.66. The molecule has 0 saturated carbocycles. The molecular weight excluding hydrogens is 373 g/mol. The van der Waals surface area contributed by atoms with E-state index >= 15 is 0 Å². The molecule has 7 heteroatoms. The fourth-order valence-electron chi connectivity index (χ4n) is 1.36. The molecule has 17 heavy (non-hydrogen) atoms. The number of rotatable bonds is 2. The maximum atomic E-state index is 12.2. The van der Waals surface area contributed by atoms with Crippen LogP contribution in [-0.2, 0) is 7.05 Å². The van der Waals surface area contributed by atoms with Crippen LogP contribution >= 0.6 is 43.5 Å². The van der Waals surface area contributed by atoms with Gasteiger partial charge in [0.2, 0.25) is 5.78 Å². The zero-order chi connectivity index (χ0) is 12.6. The monoisotopic (exact) mass is 377 g/mol. The summed E-state index contributed by atoms with van der Waals surface area (Å²) in [5, 5.41) is 4.24. The molecule has 0 saturated heterocycles. The van der Waals surface area contributed by atoms with Gasteiger partial charge in [0.05, 0.1) is 11.2 Å². The predicted octanol–water partition coefficient (Wildman–Crippen LogP) is 3.22. The maximum Gasteiger partial charge on any atom is 0.232 e. The molecule has 0 aromatic carbocycles. The first-order valence-corrected chi connectivity index (χ1v) is 6.50. The Labute approximate surface area is 119 Å². The van der Waals surface area contributed by atoms with E-state index in [0.717, 1.165) is 4.47 Å². The summed E-state index contributed by atoms with van der Waals surface area (Å²) in [6.45, 7) is 0. The van der Waals surface area contributed by atoms with E-state index in [1.807, 2.05) is 0 Å². The molecule has 0 spiro atoms. The van der Waals surface area contributed by atoms with Gasteiger partial charge in [-0.1, -0.05) is 11.6 Å². The third kappa shape index (κ3) is 2.43. The minimum atomic E-state index is -0.269. The van der Waals surface area contributed by atoms with Crippen molar-refractivity contribution in [2.24, 2.45) is 7.05 Å². The third-order valence-electron chi connectivity index (χ3n) is 2.13. The number of halogens is 3. The van der Waals surface area contributed by atoms with Crippen LogP contribution in [0.15, 0.2) is 27.4 Å². The quantitative estimate of drug-likeness (QED) is 0.753. The van der Waals surface area contributed by atoms with Gasteiger partial charge in [0.25, 0.3) is 0 Å². The van der Waals surface area contributed by atoms with Gasteiger partial charge in [-0.2, -0.15) is 5.10 Å². The first kappa shape index (κ1) is 12.7. The maximum absolute atomic E-state index is 12.2. The summed E-state index contributed by atoms with van der Waals surface area (Å²) in [5.41, 5.74) is 0.626. The number of carbonyl (C=O) groups is 1. The molecule has 0 amide bonds. The molecule has 0 fully saturated rings. The van der Waals surface area contributed by atoms with Crippen LogP contribution in [0.2, 0.25) is 5.02 Å². The predicted molar refractivity (Wildman–Crippen MR) is 71.3 cm³/mol. The highest BCUT2D eigenvalue weighted by atomic mass is 79.9. The number of aryl methyl sites for hydroxylation is 1. The molecule has 2 aromatic heterocycles. The molecule has 0 aliphatic heterocycles.